The molecule has 2 aromatic rings. The molecule has 2 N–H and O–H groups in total. The van der Waals surface area contributed by atoms with Gasteiger partial charge < -0.3 is 15.2 Å². The Morgan fingerprint density at radius 2 is 2.35 bits per heavy atom. The Morgan fingerprint density at radius 3 is 3.00 bits per heavy atom. The number of thiophene rings is 1. The van der Waals surface area contributed by atoms with Gasteiger partial charge in [-0.2, -0.15) is 11.3 Å². The van der Waals surface area contributed by atoms with E-state index in [0.717, 1.165) is 5.56 Å². The lowest BCUT2D eigenvalue weighted by molar-refractivity contribution is 0.0529. The van der Waals surface area contributed by atoms with Gasteiger partial charge in [0.2, 0.25) is 5.88 Å². The maximum absolute atomic E-state index is 12.1. The molecule has 2 aromatic heterocycles. The van der Waals surface area contributed by atoms with Gasteiger partial charge in [-0.3, -0.25) is 4.79 Å². The van der Waals surface area contributed by atoms with Crippen molar-refractivity contribution >= 4 is 17.2 Å². The molecule has 6 heteroatoms. The van der Waals surface area contributed by atoms with Crippen LogP contribution in [0.5, 0.6) is 5.88 Å². The van der Waals surface area contributed by atoms with Crippen molar-refractivity contribution < 1.29 is 14.6 Å². The second kappa shape index (κ2) is 6.02. The first kappa shape index (κ1) is 14.5. The Bertz CT molecular complexity index is 582. The highest BCUT2D eigenvalue weighted by Gasteiger charge is 2.25. The summed E-state index contributed by atoms with van der Waals surface area (Å²) in [5.74, 6) is -0.0642. The number of hydrogen-bond donors (Lipinski definition) is 2. The molecule has 1 atom stereocenters. The summed E-state index contributed by atoms with van der Waals surface area (Å²) in [6.07, 6.45) is 1.55. The van der Waals surface area contributed by atoms with Gasteiger partial charge in [-0.1, -0.05) is 0 Å². The van der Waals surface area contributed by atoms with E-state index in [0.29, 0.717) is 5.56 Å². The van der Waals surface area contributed by atoms with Crippen molar-refractivity contribution in [3.8, 4) is 5.88 Å². The van der Waals surface area contributed by atoms with E-state index in [4.69, 9.17) is 4.74 Å². The Hall–Kier alpha value is -1.92. The summed E-state index contributed by atoms with van der Waals surface area (Å²) in [6, 6.07) is 5.12. The van der Waals surface area contributed by atoms with Gasteiger partial charge in [-0.15, -0.1) is 0 Å². The van der Waals surface area contributed by atoms with Crippen molar-refractivity contribution in [2.24, 2.45) is 0 Å². The van der Waals surface area contributed by atoms with Crippen LogP contribution in [0.1, 0.15) is 22.8 Å². The average Bonchev–Trinajstić information content (AvgIpc) is 3.00. The quantitative estimate of drug-likeness (QED) is 0.881. The highest BCUT2D eigenvalue weighted by atomic mass is 32.1. The van der Waals surface area contributed by atoms with E-state index in [-0.39, 0.29) is 18.3 Å². The first-order valence-corrected chi connectivity index (χ1v) is 7.01. The number of nitrogens with one attached hydrogen (secondary N) is 1. The van der Waals surface area contributed by atoms with E-state index in [1.807, 2.05) is 16.8 Å². The second-order valence-corrected chi connectivity index (χ2v) is 5.31. The van der Waals surface area contributed by atoms with Gasteiger partial charge in [0, 0.05) is 6.20 Å². The first-order chi connectivity index (χ1) is 9.54. The van der Waals surface area contributed by atoms with E-state index >= 15 is 0 Å². The average molecular weight is 292 g/mol. The molecular formula is C14H16N2O3S. The summed E-state index contributed by atoms with van der Waals surface area (Å²) in [4.78, 5) is 16.1. The number of rotatable bonds is 5. The van der Waals surface area contributed by atoms with Gasteiger partial charge in [0.25, 0.3) is 5.91 Å². The molecule has 1 unspecified atom stereocenters. The highest BCUT2D eigenvalue weighted by molar-refractivity contribution is 7.08. The molecule has 0 saturated heterocycles. The Kier molecular flexibility index (Phi) is 4.36. The van der Waals surface area contributed by atoms with Crippen LogP contribution in [0.4, 0.5) is 0 Å². The van der Waals surface area contributed by atoms with E-state index in [1.54, 1.807) is 25.3 Å². The minimum Gasteiger partial charge on any atom is -0.480 e. The molecule has 0 saturated carbocycles. The molecule has 106 valence electrons. The molecule has 2 heterocycles. The Labute approximate surface area is 121 Å². The number of pyridine rings is 1. The molecule has 0 fully saturated rings. The summed E-state index contributed by atoms with van der Waals surface area (Å²) < 4.78 is 5.04. The Balaban J connectivity index is 2.06. The van der Waals surface area contributed by atoms with Crippen molar-refractivity contribution in [2.45, 2.75) is 12.5 Å². The summed E-state index contributed by atoms with van der Waals surface area (Å²) in [5, 5.41) is 16.8. The fourth-order valence-electron chi connectivity index (χ4n) is 1.75. The number of ether oxygens (including phenoxy) is 1. The SMILES string of the molecule is COc1ncccc1C(=O)NCC(C)(O)c1ccsc1. The van der Waals surface area contributed by atoms with E-state index < -0.39 is 5.60 Å². The van der Waals surface area contributed by atoms with Crippen molar-refractivity contribution in [3.63, 3.8) is 0 Å². The van der Waals surface area contributed by atoms with Crippen molar-refractivity contribution in [1.82, 2.24) is 10.3 Å². The largest absolute Gasteiger partial charge is 0.480 e. The molecule has 0 aromatic carbocycles. The smallest absolute Gasteiger partial charge is 0.256 e. The third-order valence-electron chi connectivity index (χ3n) is 2.95. The van der Waals surface area contributed by atoms with E-state index in [1.165, 1.54) is 18.4 Å². The number of aromatic nitrogens is 1. The van der Waals surface area contributed by atoms with Gasteiger partial charge in [0.15, 0.2) is 0 Å². The monoisotopic (exact) mass is 292 g/mol. The predicted molar refractivity (Wildman–Crippen MR) is 77.0 cm³/mol. The molecule has 0 aliphatic carbocycles. The second-order valence-electron chi connectivity index (χ2n) is 4.53. The van der Waals surface area contributed by atoms with Crippen LogP contribution in [0.2, 0.25) is 0 Å². The maximum Gasteiger partial charge on any atom is 0.256 e. The number of aliphatic hydroxyl groups is 1. The Morgan fingerprint density at radius 1 is 1.55 bits per heavy atom. The molecule has 20 heavy (non-hydrogen) atoms. The lowest BCUT2D eigenvalue weighted by Crippen LogP contribution is -2.38. The zero-order chi connectivity index (χ0) is 14.6. The number of carbonyl (C=O) groups is 1. The van der Waals surface area contributed by atoms with Crippen LogP contribution in [0.3, 0.4) is 0 Å². The molecule has 5 nitrogen and oxygen atoms in total. The minimum absolute atomic E-state index is 0.112. The van der Waals surface area contributed by atoms with Crippen molar-refractivity contribution in [2.75, 3.05) is 13.7 Å². The number of carbonyl (C=O) groups excluding carboxylic acids is 1. The normalized spacial score (nSPS) is 13.6. The lowest BCUT2D eigenvalue weighted by atomic mass is 9.99. The third kappa shape index (κ3) is 3.15. The molecule has 1 amide bonds. The molecule has 0 bridgehead atoms. The number of methoxy groups -OCH3 is 1. The minimum atomic E-state index is -1.11. The number of hydrogen-bond acceptors (Lipinski definition) is 5. The van der Waals surface area contributed by atoms with Crippen LogP contribution in [0, 0.1) is 0 Å². The van der Waals surface area contributed by atoms with Crippen molar-refractivity contribution in [3.05, 3.63) is 46.3 Å². The fraction of sp³-hybridized carbons (Fsp3) is 0.286. The molecule has 2 rings (SSSR count). The summed E-state index contributed by atoms with van der Waals surface area (Å²) in [7, 11) is 1.46. The predicted octanol–water partition coefficient (Wildman–Crippen LogP) is 1.79. The van der Waals surface area contributed by atoms with Gasteiger partial charge in [-0.25, -0.2) is 4.98 Å². The lowest BCUT2D eigenvalue weighted by Gasteiger charge is -2.22. The molecule has 0 radical (unpaired) electrons. The molecule has 0 aliphatic heterocycles. The topological polar surface area (TPSA) is 71.5 Å². The van der Waals surface area contributed by atoms with Crippen LogP contribution < -0.4 is 10.1 Å². The van der Waals surface area contributed by atoms with Crippen molar-refractivity contribution in [1.29, 1.82) is 0 Å². The first-order valence-electron chi connectivity index (χ1n) is 6.07. The maximum atomic E-state index is 12.1. The van der Waals surface area contributed by atoms with Gasteiger partial charge in [0.1, 0.15) is 11.2 Å². The van der Waals surface area contributed by atoms with Gasteiger partial charge >= 0.3 is 0 Å². The van der Waals surface area contributed by atoms with Crippen LogP contribution in [-0.2, 0) is 5.60 Å². The zero-order valence-electron chi connectivity index (χ0n) is 11.3. The third-order valence-corrected chi connectivity index (χ3v) is 3.63. The van der Waals surface area contributed by atoms with Crippen LogP contribution >= 0.6 is 11.3 Å². The van der Waals surface area contributed by atoms with Gasteiger partial charge in [-0.05, 0) is 41.4 Å². The number of amides is 1. The fourth-order valence-corrected chi connectivity index (χ4v) is 2.53. The van der Waals surface area contributed by atoms with Gasteiger partial charge in [0.05, 0.1) is 13.7 Å². The van der Waals surface area contributed by atoms with Crippen LogP contribution in [0.25, 0.3) is 0 Å². The van der Waals surface area contributed by atoms with E-state index in [9.17, 15) is 9.90 Å². The zero-order valence-corrected chi connectivity index (χ0v) is 12.1. The highest BCUT2D eigenvalue weighted by Crippen LogP contribution is 2.22. The van der Waals surface area contributed by atoms with Crippen LogP contribution in [0.15, 0.2) is 35.2 Å². The van der Waals surface area contributed by atoms with Crippen LogP contribution in [-0.4, -0.2) is 29.7 Å². The molecule has 0 spiro atoms. The summed E-state index contributed by atoms with van der Waals surface area (Å²) in [6.45, 7) is 1.77. The molecule has 0 aliphatic rings. The van der Waals surface area contributed by atoms with E-state index in [2.05, 4.69) is 10.3 Å². The summed E-state index contributed by atoms with van der Waals surface area (Å²) >= 11 is 1.50. The standard InChI is InChI=1S/C14H16N2O3S/c1-14(18,10-5-7-20-8-10)9-16-12(17)11-4-3-6-15-13(11)19-2/h3-8,18H,9H2,1-2H3,(H,16,17). The summed E-state index contributed by atoms with van der Waals surface area (Å²) in [5.41, 5.74) is 0.0162. The number of nitrogens with zero attached hydrogens (tertiary/aromatic N) is 1. The molecular weight excluding hydrogens is 276 g/mol.